The molecule has 0 radical (unpaired) electrons. The molecule has 0 saturated carbocycles. The van der Waals surface area contributed by atoms with Gasteiger partial charge in [0.05, 0.1) is 0 Å². The molecule has 0 unspecified atom stereocenters. The summed E-state index contributed by atoms with van der Waals surface area (Å²) < 4.78 is 5.48. The predicted molar refractivity (Wildman–Crippen MR) is 101 cm³/mol. The molecule has 2 amide bonds. The van der Waals surface area contributed by atoms with Crippen molar-refractivity contribution in [1.82, 2.24) is 10.6 Å². The number of alkyl carbamates (subject to hydrolysis) is 1. The third-order valence-electron chi connectivity index (χ3n) is 4.69. The molecule has 0 saturated heterocycles. The van der Waals surface area contributed by atoms with Crippen molar-refractivity contribution in [3.8, 4) is 11.1 Å². The van der Waals surface area contributed by atoms with Crippen molar-refractivity contribution in [1.29, 1.82) is 0 Å². The van der Waals surface area contributed by atoms with Crippen molar-refractivity contribution in [2.45, 2.75) is 25.2 Å². The quantitative estimate of drug-likeness (QED) is 0.537. The molecule has 0 heterocycles. The second kappa shape index (κ2) is 9.04. The number of rotatable bonds is 9. The molecule has 3 rings (SSSR count). The number of carbonyl (C=O) groups excluding carboxylic acids is 2. The molecule has 2 N–H and O–H groups in total. The van der Waals surface area contributed by atoms with Crippen LogP contribution in [0.25, 0.3) is 11.1 Å². The molecule has 5 heteroatoms. The Balaban J connectivity index is 1.47. The van der Waals surface area contributed by atoms with Crippen LogP contribution in [0.2, 0.25) is 0 Å². The van der Waals surface area contributed by atoms with Gasteiger partial charge in [-0.05, 0) is 41.5 Å². The van der Waals surface area contributed by atoms with Crippen LogP contribution in [0.15, 0.2) is 48.5 Å². The summed E-state index contributed by atoms with van der Waals surface area (Å²) in [5, 5.41) is 5.42. The number of unbranched alkanes of at least 4 members (excludes halogenated alkanes) is 2. The van der Waals surface area contributed by atoms with Gasteiger partial charge < -0.3 is 15.4 Å². The summed E-state index contributed by atoms with van der Waals surface area (Å²) in [6, 6.07) is 16.6. The highest BCUT2D eigenvalue weighted by Gasteiger charge is 2.28. The molecule has 5 nitrogen and oxygen atoms in total. The number of nitrogens with one attached hydrogen (secondary N) is 2. The van der Waals surface area contributed by atoms with Gasteiger partial charge in [0.1, 0.15) is 6.61 Å². The Hall–Kier alpha value is -2.82. The molecule has 1 aliphatic rings. The smallest absolute Gasteiger partial charge is 0.407 e. The molecule has 0 spiro atoms. The van der Waals surface area contributed by atoms with E-state index < -0.39 is 0 Å². The van der Waals surface area contributed by atoms with Crippen LogP contribution >= 0.6 is 0 Å². The third-order valence-corrected chi connectivity index (χ3v) is 4.69. The minimum absolute atomic E-state index is 0.0857. The Kier molecular flexibility index (Phi) is 6.25. The van der Waals surface area contributed by atoms with Crippen LogP contribution in [0.1, 0.15) is 36.3 Å². The van der Waals surface area contributed by atoms with Gasteiger partial charge in [-0.25, -0.2) is 4.79 Å². The Morgan fingerprint density at radius 2 is 1.54 bits per heavy atom. The number of fused-ring (bicyclic) bond motifs is 3. The number of amides is 2. The molecule has 26 heavy (non-hydrogen) atoms. The highest BCUT2D eigenvalue weighted by Crippen LogP contribution is 2.44. The minimum Gasteiger partial charge on any atom is -0.449 e. The zero-order chi connectivity index (χ0) is 18.2. The molecule has 2 aromatic carbocycles. The van der Waals surface area contributed by atoms with Crippen molar-refractivity contribution in [2.75, 3.05) is 19.7 Å². The van der Waals surface area contributed by atoms with Gasteiger partial charge in [0.25, 0.3) is 0 Å². The monoisotopic (exact) mass is 352 g/mol. The van der Waals surface area contributed by atoms with Crippen molar-refractivity contribution in [3.05, 3.63) is 59.7 Å². The second-order valence-electron chi connectivity index (χ2n) is 6.38. The fourth-order valence-corrected chi connectivity index (χ4v) is 3.43. The summed E-state index contributed by atoms with van der Waals surface area (Å²) in [5.41, 5.74) is 4.87. The fourth-order valence-electron chi connectivity index (χ4n) is 3.43. The van der Waals surface area contributed by atoms with Gasteiger partial charge in [-0.1, -0.05) is 48.5 Å². The van der Waals surface area contributed by atoms with E-state index in [-0.39, 0.29) is 12.0 Å². The first kappa shape index (κ1) is 18.0. The van der Waals surface area contributed by atoms with Crippen molar-refractivity contribution in [2.24, 2.45) is 0 Å². The van der Waals surface area contributed by atoms with Gasteiger partial charge in [-0.15, -0.1) is 0 Å². The molecule has 0 bridgehead atoms. The molecule has 0 atom stereocenters. The molecule has 1 aliphatic carbocycles. The number of ether oxygens (including phenoxy) is 1. The van der Waals surface area contributed by atoms with E-state index in [1.54, 1.807) is 0 Å². The topological polar surface area (TPSA) is 67.4 Å². The summed E-state index contributed by atoms with van der Waals surface area (Å²) in [4.78, 5) is 22.1. The summed E-state index contributed by atoms with van der Waals surface area (Å²) >= 11 is 0. The Labute approximate surface area is 153 Å². The van der Waals surface area contributed by atoms with Gasteiger partial charge in [-0.3, -0.25) is 4.79 Å². The molecule has 0 aromatic heterocycles. The third kappa shape index (κ3) is 4.23. The van der Waals surface area contributed by atoms with Gasteiger partial charge in [0.15, 0.2) is 0 Å². The van der Waals surface area contributed by atoms with Crippen LogP contribution in [0.4, 0.5) is 4.79 Å². The first-order chi connectivity index (χ1) is 12.8. The maximum atomic E-state index is 12.0. The SMILES string of the molecule is O=CNCCCCCNC(=O)OCC1c2ccccc2-c2ccccc21. The van der Waals surface area contributed by atoms with Crippen LogP contribution in [0, 0.1) is 0 Å². The number of hydrogen-bond acceptors (Lipinski definition) is 3. The molecule has 2 aromatic rings. The standard InChI is InChI=1S/C21H24N2O3/c24-15-22-12-6-1-7-13-23-21(25)26-14-20-18-10-4-2-8-16(18)17-9-3-5-11-19(17)20/h2-5,8-11,15,20H,1,6-7,12-14H2,(H,22,24)(H,23,25). The van der Waals surface area contributed by atoms with E-state index in [0.717, 1.165) is 19.3 Å². The molecule has 136 valence electrons. The van der Waals surface area contributed by atoms with E-state index in [2.05, 4.69) is 34.9 Å². The summed E-state index contributed by atoms with van der Waals surface area (Å²) in [5.74, 6) is 0.0857. The maximum absolute atomic E-state index is 12.0. The van der Waals surface area contributed by atoms with Crippen LogP contribution in [0.5, 0.6) is 0 Å². The van der Waals surface area contributed by atoms with Gasteiger partial charge >= 0.3 is 6.09 Å². The number of benzene rings is 2. The van der Waals surface area contributed by atoms with Crippen LogP contribution < -0.4 is 10.6 Å². The van der Waals surface area contributed by atoms with E-state index in [1.807, 2.05) is 24.3 Å². The fraction of sp³-hybridized carbons (Fsp3) is 0.333. The van der Waals surface area contributed by atoms with E-state index in [9.17, 15) is 9.59 Å². The van der Waals surface area contributed by atoms with E-state index in [0.29, 0.717) is 26.1 Å². The zero-order valence-corrected chi connectivity index (χ0v) is 14.7. The molecular formula is C21H24N2O3. The average molecular weight is 352 g/mol. The van der Waals surface area contributed by atoms with E-state index in [1.165, 1.54) is 22.3 Å². The second-order valence-corrected chi connectivity index (χ2v) is 6.38. The van der Waals surface area contributed by atoms with Crippen LogP contribution in [-0.2, 0) is 9.53 Å². The van der Waals surface area contributed by atoms with Gasteiger partial charge in [-0.2, -0.15) is 0 Å². The first-order valence-corrected chi connectivity index (χ1v) is 9.07. The molecule has 0 aliphatic heterocycles. The average Bonchev–Trinajstić information content (AvgIpc) is 3.00. The summed E-state index contributed by atoms with van der Waals surface area (Å²) in [6.07, 6.45) is 3.05. The highest BCUT2D eigenvalue weighted by atomic mass is 16.5. The maximum Gasteiger partial charge on any atom is 0.407 e. The normalized spacial score (nSPS) is 12.2. The highest BCUT2D eigenvalue weighted by molar-refractivity contribution is 5.79. The van der Waals surface area contributed by atoms with Crippen LogP contribution in [-0.4, -0.2) is 32.2 Å². The van der Waals surface area contributed by atoms with Crippen molar-refractivity contribution < 1.29 is 14.3 Å². The largest absolute Gasteiger partial charge is 0.449 e. The van der Waals surface area contributed by atoms with Gasteiger partial charge in [0.2, 0.25) is 6.41 Å². The Bertz CT molecular complexity index is 715. The molecular weight excluding hydrogens is 328 g/mol. The Morgan fingerprint density at radius 3 is 2.19 bits per heavy atom. The summed E-state index contributed by atoms with van der Waals surface area (Å²) in [7, 11) is 0. The van der Waals surface area contributed by atoms with Crippen molar-refractivity contribution >= 4 is 12.5 Å². The summed E-state index contributed by atoms with van der Waals surface area (Å²) in [6.45, 7) is 1.59. The van der Waals surface area contributed by atoms with Crippen molar-refractivity contribution in [3.63, 3.8) is 0 Å². The first-order valence-electron chi connectivity index (χ1n) is 9.07. The predicted octanol–water partition coefficient (Wildman–Crippen LogP) is 3.44. The number of carbonyl (C=O) groups is 2. The Morgan fingerprint density at radius 1 is 0.923 bits per heavy atom. The van der Waals surface area contributed by atoms with E-state index >= 15 is 0 Å². The number of hydrogen-bond donors (Lipinski definition) is 2. The zero-order valence-electron chi connectivity index (χ0n) is 14.7. The minimum atomic E-state index is -0.377. The lowest BCUT2D eigenvalue weighted by Gasteiger charge is -2.14. The lowest BCUT2D eigenvalue weighted by molar-refractivity contribution is -0.109. The molecule has 0 fully saturated rings. The van der Waals surface area contributed by atoms with Gasteiger partial charge in [0, 0.05) is 19.0 Å². The lowest BCUT2D eigenvalue weighted by Crippen LogP contribution is -2.27. The lowest BCUT2D eigenvalue weighted by atomic mass is 9.98. The van der Waals surface area contributed by atoms with E-state index in [4.69, 9.17) is 4.74 Å². The van der Waals surface area contributed by atoms with Crippen LogP contribution in [0.3, 0.4) is 0 Å².